The Labute approximate surface area is 96.8 Å². The molecule has 0 aliphatic carbocycles. The summed E-state index contributed by atoms with van der Waals surface area (Å²) in [7, 11) is -1.60. The van der Waals surface area contributed by atoms with E-state index in [-0.39, 0.29) is 5.92 Å². The lowest BCUT2D eigenvalue weighted by atomic mass is 10.0. The Morgan fingerprint density at radius 1 is 1.27 bits per heavy atom. The maximum Gasteiger partial charge on any atom is 0.292 e. The lowest BCUT2D eigenvalue weighted by molar-refractivity contribution is 0.471. The summed E-state index contributed by atoms with van der Waals surface area (Å²) in [6.07, 6.45) is 0. The highest BCUT2D eigenvalue weighted by Gasteiger charge is 2.62. The summed E-state index contributed by atoms with van der Waals surface area (Å²) < 4.78 is 30.6. The molecule has 6 heteroatoms. The number of benzene rings is 1. The van der Waals surface area contributed by atoms with Crippen LogP contribution in [-0.4, -0.2) is 16.4 Å². The van der Waals surface area contributed by atoms with Crippen LogP contribution in [0, 0.1) is 0 Å². The van der Waals surface area contributed by atoms with Crippen LogP contribution in [-0.2, 0) is 10.1 Å². The number of hydrogen-bond acceptors (Lipinski definition) is 4. The molecular weight excluding hydrogens is 252 g/mol. The van der Waals surface area contributed by atoms with Gasteiger partial charge in [-0.15, -0.1) is 0 Å². The molecule has 3 nitrogen and oxygen atoms in total. The second-order valence-electron chi connectivity index (χ2n) is 3.38. The standard InChI is InChI=1S/C9H10O3S3/c1-7(8-5-3-2-4-6-8)9(13-14-9)15(10,11)12/h2-7H,1H3,(H,10,11,12). The van der Waals surface area contributed by atoms with Crippen LogP contribution in [0.1, 0.15) is 18.4 Å². The molecule has 1 N–H and O–H groups in total. The van der Waals surface area contributed by atoms with Gasteiger partial charge < -0.3 is 0 Å². The Morgan fingerprint density at radius 3 is 2.20 bits per heavy atom. The van der Waals surface area contributed by atoms with Crippen LogP contribution in [0.3, 0.4) is 0 Å². The second-order valence-corrected chi connectivity index (χ2v) is 8.37. The summed E-state index contributed by atoms with van der Waals surface area (Å²) >= 11 is 0. The van der Waals surface area contributed by atoms with Gasteiger partial charge >= 0.3 is 0 Å². The number of hydrogen-bond donors (Lipinski definition) is 1. The van der Waals surface area contributed by atoms with E-state index in [1.165, 1.54) is 21.6 Å². The van der Waals surface area contributed by atoms with Crippen LogP contribution in [0.25, 0.3) is 0 Å². The van der Waals surface area contributed by atoms with Crippen LogP contribution < -0.4 is 0 Å². The molecule has 1 unspecified atom stereocenters. The highest BCUT2D eigenvalue weighted by molar-refractivity contribution is 8.97. The van der Waals surface area contributed by atoms with E-state index in [1.807, 2.05) is 37.3 Å². The first kappa shape index (κ1) is 11.3. The minimum atomic E-state index is -4.01. The van der Waals surface area contributed by atoms with Gasteiger partial charge in [0, 0.05) is 5.92 Å². The average molecular weight is 262 g/mol. The monoisotopic (exact) mass is 262 g/mol. The van der Waals surface area contributed by atoms with Crippen molar-refractivity contribution in [1.82, 2.24) is 0 Å². The Morgan fingerprint density at radius 2 is 1.80 bits per heavy atom. The van der Waals surface area contributed by atoms with Gasteiger partial charge in [0.2, 0.25) is 3.41 Å². The van der Waals surface area contributed by atoms with Crippen LogP contribution in [0.2, 0.25) is 0 Å². The van der Waals surface area contributed by atoms with Gasteiger partial charge in [0.1, 0.15) is 0 Å². The third kappa shape index (κ3) is 1.91. The van der Waals surface area contributed by atoms with E-state index in [1.54, 1.807) is 0 Å². The molecule has 1 aliphatic heterocycles. The minimum absolute atomic E-state index is 0.219. The van der Waals surface area contributed by atoms with Gasteiger partial charge in [-0.2, -0.15) is 8.42 Å². The normalized spacial score (nSPS) is 20.9. The molecule has 0 spiro atoms. The van der Waals surface area contributed by atoms with Crippen molar-refractivity contribution in [2.45, 2.75) is 16.3 Å². The molecular formula is C9H10O3S3. The zero-order valence-corrected chi connectivity index (χ0v) is 10.4. The molecule has 1 fully saturated rings. The molecule has 0 amide bonds. The van der Waals surface area contributed by atoms with Crippen molar-refractivity contribution in [3.63, 3.8) is 0 Å². The molecule has 0 aromatic heterocycles. The quantitative estimate of drug-likeness (QED) is 0.515. The maximum absolute atomic E-state index is 11.2. The SMILES string of the molecule is CC(c1ccccc1)C1(S(=O)(=O)O)SS1. The molecule has 15 heavy (non-hydrogen) atoms. The van der Waals surface area contributed by atoms with E-state index in [0.717, 1.165) is 5.56 Å². The molecule has 1 heterocycles. The highest BCUT2D eigenvalue weighted by atomic mass is 33.2. The van der Waals surface area contributed by atoms with Crippen molar-refractivity contribution in [3.05, 3.63) is 35.9 Å². The lowest BCUT2D eigenvalue weighted by Crippen LogP contribution is -2.25. The third-order valence-electron chi connectivity index (χ3n) is 2.44. The minimum Gasteiger partial charge on any atom is -0.284 e. The third-order valence-corrected chi connectivity index (χ3v) is 8.69. The maximum atomic E-state index is 11.2. The second kappa shape index (κ2) is 3.69. The van der Waals surface area contributed by atoms with Gasteiger partial charge in [0.15, 0.2) is 0 Å². The van der Waals surface area contributed by atoms with Crippen LogP contribution >= 0.6 is 21.6 Å². The Kier molecular flexibility index (Phi) is 2.79. The van der Waals surface area contributed by atoms with E-state index in [4.69, 9.17) is 0 Å². The zero-order valence-electron chi connectivity index (χ0n) is 7.95. The van der Waals surface area contributed by atoms with Gasteiger partial charge in [0.25, 0.3) is 10.1 Å². The summed E-state index contributed by atoms with van der Waals surface area (Å²) in [4.78, 5) is 0. The predicted molar refractivity (Wildman–Crippen MR) is 64.3 cm³/mol. The van der Waals surface area contributed by atoms with Crippen molar-refractivity contribution >= 4 is 31.7 Å². The first-order valence-electron chi connectivity index (χ1n) is 4.36. The van der Waals surface area contributed by atoms with E-state index < -0.39 is 13.5 Å². The molecule has 1 saturated heterocycles. The van der Waals surface area contributed by atoms with Crippen molar-refractivity contribution < 1.29 is 13.0 Å². The number of rotatable bonds is 3. The summed E-state index contributed by atoms with van der Waals surface area (Å²) in [6, 6.07) is 9.35. The molecule has 0 radical (unpaired) electrons. The smallest absolute Gasteiger partial charge is 0.284 e. The fourth-order valence-electron chi connectivity index (χ4n) is 1.44. The molecule has 82 valence electrons. The zero-order chi connectivity index (χ0) is 11.1. The Bertz CT molecular complexity index is 451. The molecule has 1 aliphatic rings. The van der Waals surface area contributed by atoms with Crippen LogP contribution in [0.15, 0.2) is 30.3 Å². The Balaban J connectivity index is 2.34. The van der Waals surface area contributed by atoms with Crippen molar-refractivity contribution in [2.75, 3.05) is 0 Å². The van der Waals surface area contributed by atoms with Gasteiger partial charge in [-0.3, -0.25) is 4.55 Å². The molecule has 2 rings (SSSR count). The fraction of sp³-hybridized carbons (Fsp3) is 0.333. The van der Waals surface area contributed by atoms with Gasteiger partial charge in [-0.25, -0.2) is 0 Å². The summed E-state index contributed by atoms with van der Waals surface area (Å²) in [5.41, 5.74) is 0.924. The summed E-state index contributed by atoms with van der Waals surface area (Å²) in [5.74, 6) is -0.219. The van der Waals surface area contributed by atoms with Crippen LogP contribution in [0.4, 0.5) is 0 Å². The molecule has 1 atom stereocenters. The van der Waals surface area contributed by atoms with Gasteiger partial charge in [-0.1, -0.05) is 58.8 Å². The van der Waals surface area contributed by atoms with E-state index in [2.05, 4.69) is 0 Å². The molecule has 0 bridgehead atoms. The Hall–Kier alpha value is -0.170. The summed E-state index contributed by atoms with van der Waals surface area (Å²) in [6.45, 7) is 1.82. The lowest BCUT2D eigenvalue weighted by Gasteiger charge is -2.17. The van der Waals surface area contributed by atoms with E-state index in [9.17, 15) is 13.0 Å². The van der Waals surface area contributed by atoms with E-state index >= 15 is 0 Å². The van der Waals surface area contributed by atoms with Gasteiger partial charge in [-0.05, 0) is 5.56 Å². The topological polar surface area (TPSA) is 54.4 Å². The van der Waals surface area contributed by atoms with Crippen molar-refractivity contribution in [2.24, 2.45) is 0 Å². The first-order chi connectivity index (χ1) is 6.97. The summed E-state index contributed by atoms with van der Waals surface area (Å²) in [5, 5.41) is 0. The average Bonchev–Trinajstić information content (AvgIpc) is 2.98. The van der Waals surface area contributed by atoms with Crippen LogP contribution in [0.5, 0.6) is 0 Å². The largest absolute Gasteiger partial charge is 0.292 e. The molecule has 1 aromatic rings. The molecule has 1 aromatic carbocycles. The van der Waals surface area contributed by atoms with Crippen molar-refractivity contribution in [1.29, 1.82) is 0 Å². The van der Waals surface area contributed by atoms with Crippen molar-refractivity contribution in [3.8, 4) is 0 Å². The van der Waals surface area contributed by atoms with Gasteiger partial charge in [0.05, 0.1) is 0 Å². The van der Waals surface area contributed by atoms with E-state index in [0.29, 0.717) is 0 Å². The fourth-order valence-corrected chi connectivity index (χ4v) is 6.32. The first-order valence-corrected chi connectivity index (χ1v) is 7.95. The predicted octanol–water partition coefficient (Wildman–Crippen LogP) is 2.73. The highest BCUT2D eigenvalue weighted by Crippen LogP contribution is 2.73. The molecule has 0 saturated carbocycles.